The van der Waals surface area contributed by atoms with Crippen LogP contribution in [0.3, 0.4) is 0 Å². The first-order valence-electron chi connectivity index (χ1n) is 15.5. The van der Waals surface area contributed by atoms with Crippen LogP contribution in [-0.4, -0.2) is 53.2 Å². The molecule has 2 aromatic rings. The van der Waals surface area contributed by atoms with E-state index in [0.29, 0.717) is 15.6 Å². The Labute approximate surface area is 179 Å². The average molecular weight is 418 g/mol. The number of likely N-dealkylation sites (N-methyl/N-ethyl adjacent to an activating group) is 1. The molecule has 0 saturated carbocycles. The number of hydrogen-bond donors (Lipinski definition) is 1. The van der Waals surface area contributed by atoms with Crippen LogP contribution >= 0.6 is 15.9 Å². The van der Waals surface area contributed by atoms with Gasteiger partial charge in [-0.25, -0.2) is 0 Å². The topological polar surface area (TPSA) is 39.3 Å². The molecule has 1 aromatic heterocycles. The second-order valence-corrected chi connectivity index (χ2v) is 6.71. The zero-order valence-electron chi connectivity index (χ0n) is 28.8. The number of carbonyl (C=O) groups excluding carboxylic acids is 1. The van der Waals surface area contributed by atoms with Gasteiger partial charge >= 0.3 is 0 Å². The SMILES string of the molecule is [2H]c1c([2H])c2c3c(c(Br)[nH]c3c1[2H])C[C@@H]1C2=C[C@@H](C(=O)N(C([2H])([2H])C([2H])([2H])[2H])C([2H])([2H])C([2H])([2H])[2H])CN1C([2H])([2H])[2H]. The number of amides is 1. The largest absolute Gasteiger partial charge is 0.349 e. The van der Waals surface area contributed by atoms with Crippen molar-refractivity contribution in [1.82, 2.24) is 14.8 Å². The van der Waals surface area contributed by atoms with Gasteiger partial charge in [-0.1, -0.05) is 18.2 Å². The summed E-state index contributed by atoms with van der Waals surface area (Å²) >= 11 is 3.35. The number of carbonyl (C=O) groups is 1. The molecular weight excluding hydrogens is 378 g/mol. The summed E-state index contributed by atoms with van der Waals surface area (Å²) in [5.41, 5.74) is 0.787. The molecule has 1 amide bonds. The molecule has 4 rings (SSSR count). The summed E-state index contributed by atoms with van der Waals surface area (Å²) in [5.74, 6) is -3.39. The fourth-order valence-corrected chi connectivity index (χ4v) is 4.07. The van der Waals surface area contributed by atoms with Crippen LogP contribution in [0.15, 0.2) is 28.8 Å². The highest BCUT2D eigenvalue weighted by molar-refractivity contribution is 9.10. The third-order valence-electron chi connectivity index (χ3n) is 4.63. The zero-order valence-corrected chi connectivity index (χ0v) is 14.4. The third-order valence-corrected chi connectivity index (χ3v) is 5.31. The molecule has 1 N–H and O–H groups in total. The van der Waals surface area contributed by atoms with Gasteiger partial charge in [-0.3, -0.25) is 9.69 Å². The van der Waals surface area contributed by atoms with Crippen molar-refractivity contribution in [3.63, 3.8) is 0 Å². The Hall–Kier alpha value is -1.59. The summed E-state index contributed by atoms with van der Waals surface area (Å²) in [6, 6.07) is -2.25. The number of nitrogens with one attached hydrogen (secondary N) is 1. The number of benzene rings is 1. The second kappa shape index (κ2) is 6.29. The molecule has 0 saturated heterocycles. The Kier molecular flexibility index (Phi) is 1.64. The fraction of sp³-hybridized carbons (Fsp3) is 0.450. The lowest BCUT2D eigenvalue weighted by Gasteiger charge is -2.40. The number of H-pyrrole nitrogens is 1. The van der Waals surface area contributed by atoms with E-state index in [2.05, 4.69) is 20.9 Å². The highest BCUT2D eigenvalue weighted by atomic mass is 79.9. The van der Waals surface area contributed by atoms with Crippen LogP contribution in [-0.2, 0) is 11.2 Å². The van der Waals surface area contributed by atoms with E-state index >= 15 is 0 Å². The van der Waals surface area contributed by atoms with E-state index in [9.17, 15) is 4.79 Å². The monoisotopic (exact) mass is 417 g/mol. The molecule has 1 aliphatic carbocycles. The number of rotatable bonds is 3. The van der Waals surface area contributed by atoms with Gasteiger partial charge in [0.25, 0.3) is 0 Å². The summed E-state index contributed by atoms with van der Waals surface area (Å²) in [5, 5.41) is 0.330. The predicted octanol–water partition coefficient (Wildman–Crippen LogP) is 3.67. The van der Waals surface area contributed by atoms with Gasteiger partial charge in [-0.2, -0.15) is 0 Å². The standard InChI is InChI=1S/C20H24BrN3O/c1-4-24(5-2)20(25)12-9-14-13-7-6-8-16-18(13)15(19(21)22-16)10-17(14)23(3)11-12/h6-9,12,17,22H,4-5,10-11H2,1-3H3/t12-,17-/m1/s1/i1D3,2D3,3D3,4D2,5D2,6D,7D,8D. The normalized spacial score (nSPS) is 34.7. The molecule has 0 radical (unpaired) electrons. The van der Waals surface area contributed by atoms with Crippen molar-refractivity contribution < 1.29 is 26.7 Å². The molecule has 5 heteroatoms. The van der Waals surface area contributed by atoms with Crippen LogP contribution in [0.25, 0.3) is 16.5 Å². The molecule has 0 fully saturated rings. The lowest BCUT2D eigenvalue weighted by Crippen LogP contribution is -2.47. The molecule has 0 spiro atoms. The smallest absolute Gasteiger partial charge is 0.230 e. The van der Waals surface area contributed by atoms with E-state index in [1.807, 2.05) is 0 Å². The molecule has 0 bridgehead atoms. The predicted molar refractivity (Wildman–Crippen MR) is 106 cm³/mol. The quantitative estimate of drug-likeness (QED) is 0.826. The molecule has 2 aliphatic rings. The lowest BCUT2D eigenvalue weighted by atomic mass is 9.79. The van der Waals surface area contributed by atoms with E-state index in [1.54, 1.807) is 0 Å². The number of aromatic nitrogens is 1. The Morgan fingerprint density at radius 1 is 1.52 bits per heavy atom. The molecule has 2 heterocycles. The number of nitrogens with zero attached hydrogens (tertiary/aromatic N) is 2. The van der Waals surface area contributed by atoms with E-state index in [1.165, 1.54) is 0 Å². The molecule has 132 valence electrons. The average Bonchev–Trinajstić information content (AvgIpc) is 3.13. The van der Waals surface area contributed by atoms with Crippen molar-refractivity contribution in [2.24, 2.45) is 5.92 Å². The highest BCUT2D eigenvalue weighted by Gasteiger charge is 2.37. The highest BCUT2D eigenvalue weighted by Crippen LogP contribution is 2.43. The van der Waals surface area contributed by atoms with Crippen molar-refractivity contribution in [2.45, 2.75) is 26.2 Å². The van der Waals surface area contributed by atoms with Crippen molar-refractivity contribution in [3.8, 4) is 0 Å². The van der Waals surface area contributed by atoms with E-state index in [-0.39, 0.29) is 29.1 Å². The van der Waals surface area contributed by atoms with Crippen LogP contribution in [0.1, 0.15) is 46.8 Å². The van der Waals surface area contributed by atoms with Crippen LogP contribution in [0.4, 0.5) is 0 Å². The molecule has 0 unspecified atom stereocenters. The van der Waals surface area contributed by atoms with Gasteiger partial charge in [0, 0.05) is 54.3 Å². The minimum absolute atomic E-state index is 0.0187. The van der Waals surface area contributed by atoms with Gasteiger partial charge in [-0.05, 0) is 65.8 Å². The number of aromatic amines is 1. The Bertz CT molecular complexity index is 1430. The first-order valence-corrected chi connectivity index (χ1v) is 8.27. The summed E-state index contributed by atoms with van der Waals surface area (Å²) in [4.78, 5) is 17.2. The molecule has 4 nitrogen and oxygen atoms in total. The maximum atomic E-state index is 13.9. The van der Waals surface area contributed by atoms with Gasteiger partial charge in [0.2, 0.25) is 5.91 Å². The second-order valence-electron chi connectivity index (χ2n) is 5.92. The van der Waals surface area contributed by atoms with Crippen LogP contribution in [0.2, 0.25) is 0 Å². The van der Waals surface area contributed by atoms with Gasteiger partial charge in [0.05, 0.1) is 14.6 Å². The summed E-state index contributed by atoms with van der Waals surface area (Å²) in [6.07, 6.45) is 1.18. The van der Waals surface area contributed by atoms with Crippen LogP contribution in [0.5, 0.6) is 0 Å². The van der Waals surface area contributed by atoms with Gasteiger partial charge in [0.15, 0.2) is 0 Å². The molecule has 2 atom stereocenters. The maximum absolute atomic E-state index is 13.9. The Balaban J connectivity index is 2.01. The molecule has 1 aromatic carbocycles. The molecular formula is C20H24BrN3O. The van der Waals surface area contributed by atoms with Gasteiger partial charge < -0.3 is 9.88 Å². The number of fused-ring (bicyclic) bond motifs is 2. The van der Waals surface area contributed by atoms with E-state index < -0.39 is 75.1 Å². The summed E-state index contributed by atoms with van der Waals surface area (Å²) < 4.78 is 128. The zero-order chi connectivity index (χ0) is 31.4. The maximum Gasteiger partial charge on any atom is 0.230 e. The van der Waals surface area contributed by atoms with Crippen molar-refractivity contribution in [3.05, 3.63) is 39.9 Å². The van der Waals surface area contributed by atoms with Gasteiger partial charge in [-0.15, -0.1) is 0 Å². The van der Waals surface area contributed by atoms with Crippen molar-refractivity contribution in [2.75, 3.05) is 26.5 Å². The Morgan fingerprint density at radius 3 is 3.12 bits per heavy atom. The van der Waals surface area contributed by atoms with Crippen LogP contribution < -0.4 is 0 Å². The van der Waals surface area contributed by atoms with Gasteiger partial charge in [0.1, 0.15) is 0 Å². The summed E-state index contributed by atoms with van der Waals surface area (Å²) in [6.45, 7) is -18.6. The summed E-state index contributed by atoms with van der Waals surface area (Å²) in [7, 11) is 0. The number of halogens is 1. The van der Waals surface area contributed by atoms with Crippen molar-refractivity contribution >= 4 is 38.3 Å². The lowest BCUT2D eigenvalue weighted by molar-refractivity contribution is -0.134. The number of hydrogen-bond acceptors (Lipinski definition) is 2. The minimum atomic E-state index is -3.83. The van der Waals surface area contributed by atoms with Crippen molar-refractivity contribution in [1.29, 1.82) is 0 Å². The minimum Gasteiger partial charge on any atom is -0.349 e. The first kappa shape index (κ1) is 6.54. The third kappa shape index (κ3) is 2.56. The molecule has 25 heavy (non-hydrogen) atoms. The van der Waals surface area contributed by atoms with E-state index in [0.717, 1.165) is 11.0 Å². The van der Waals surface area contributed by atoms with E-state index in [4.69, 9.17) is 21.9 Å². The van der Waals surface area contributed by atoms with Crippen LogP contribution in [0, 0.1) is 5.92 Å². The fourth-order valence-electron chi connectivity index (χ4n) is 3.51. The first-order chi connectivity index (χ1) is 18.4. The Morgan fingerprint density at radius 2 is 2.36 bits per heavy atom. The molecule has 1 aliphatic heterocycles.